The normalized spacial score (nSPS) is 11.9. The van der Waals surface area contributed by atoms with E-state index < -0.39 is 5.97 Å². The minimum atomic E-state index is -0.448. The molecule has 1 atom stereocenters. The van der Waals surface area contributed by atoms with Crippen molar-refractivity contribution >= 4 is 45.2 Å². The number of rotatable bonds is 7. The third-order valence-corrected chi connectivity index (χ3v) is 5.96. The number of benzene rings is 1. The molecule has 0 fully saturated rings. The lowest BCUT2D eigenvalue weighted by Gasteiger charge is -2.25. The Kier molecular flexibility index (Phi) is 6.41. The van der Waals surface area contributed by atoms with Crippen LogP contribution in [-0.2, 0) is 14.3 Å². The van der Waals surface area contributed by atoms with Crippen LogP contribution >= 0.6 is 23.1 Å². The summed E-state index contributed by atoms with van der Waals surface area (Å²) < 4.78 is 5.13. The monoisotopic (exact) mass is 401 g/mol. The Labute approximate surface area is 165 Å². The highest BCUT2D eigenvalue weighted by molar-refractivity contribution is 8.00. The van der Waals surface area contributed by atoms with Crippen LogP contribution in [0.15, 0.2) is 53.1 Å². The summed E-state index contributed by atoms with van der Waals surface area (Å²) in [5, 5.41) is 3.59. The maximum absolute atomic E-state index is 12.3. The highest BCUT2D eigenvalue weighted by Gasteiger charge is 2.19. The summed E-state index contributed by atoms with van der Waals surface area (Å²) in [5.74, 6) is -0.601. The number of ether oxygens (including phenoxy) is 1. The SMILES string of the molecule is C[C@H](c1ccccc1)N(C)C(=O)COC(=O)CSc1ncnc2sccc12. The van der Waals surface area contributed by atoms with Crippen LogP contribution in [0.4, 0.5) is 0 Å². The van der Waals surface area contributed by atoms with Gasteiger partial charge in [0, 0.05) is 12.4 Å². The fourth-order valence-corrected chi connectivity index (χ4v) is 4.04. The molecule has 0 spiro atoms. The molecule has 6 nitrogen and oxygen atoms in total. The van der Waals surface area contributed by atoms with E-state index in [1.165, 1.54) is 29.4 Å². The number of aromatic nitrogens is 2. The minimum Gasteiger partial charge on any atom is -0.455 e. The maximum atomic E-state index is 12.3. The van der Waals surface area contributed by atoms with Gasteiger partial charge in [0.15, 0.2) is 6.61 Å². The van der Waals surface area contributed by atoms with Gasteiger partial charge in [-0.25, -0.2) is 9.97 Å². The molecule has 0 N–H and O–H groups in total. The van der Waals surface area contributed by atoms with E-state index in [1.54, 1.807) is 11.9 Å². The van der Waals surface area contributed by atoms with Crippen LogP contribution < -0.4 is 0 Å². The molecule has 8 heteroatoms. The molecule has 3 aromatic rings. The second-order valence-electron chi connectivity index (χ2n) is 5.86. The second-order valence-corrected chi connectivity index (χ2v) is 7.72. The highest BCUT2D eigenvalue weighted by Crippen LogP contribution is 2.27. The summed E-state index contributed by atoms with van der Waals surface area (Å²) in [6.07, 6.45) is 1.48. The first-order valence-electron chi connectivity index (χ1n) is 8.33. The van der Waals surface area contributed by atoms with Gasteiger partial charge in [-0.2, -0.15) is 0 Å². The van der Waals surface area contributed by atoms with Crippen molar-refractivity contribution < 1.29 is 14.3 Å². The molecular formula is C19H19N3O3S2. The van der Waals surface area contributed by atoms with E-state index in [4.69, 9.17) is 4.74 Å². The van der Waals surface area contributed by atoms with Gasteiger partial charge in [0.1, 0.15) is 16.2 Å². The number of amides is 1. The van der Waals surface area contributed by atoms with Crippen LogP contribution in [0.25, 0.3) is 10.2 Å². The summed E-state index contributed by atoms with van der Waals surface area (Å²) in [5.41, 5.74) is 1.03. The zero-order chi connectivity index (χ0) is 19.2. The summed E-state index contributed by atoms with van der Waals surface area (Å²) >= 11 is 2.81. The molecule has 27 heavy (non-hydrogen) atoms. The maximum Gasteiger partial charge on any atom is 0.316 e. The first-order valence-corrected chi connectivity index (χ1v) is 10.2. The van der Waals surface area contributed by atoms with Gasteiger partial charge in [0.05, 0.1) is 11.8 Å². The quantitative estimate of drug-likeness (QED) is 0.342. The predicted octanol–water partition coefficient (Wildman–Crippen LogP) is 3.55. The first-order chi connectivity index (χ1) is 13.1. The molecule has 2 heterocycles. The molecule has 0 aliphatic rings. The number of hydrogen-bond donors (Lipinski definition) is 0. The number of esters is 1. The summed E-state index contributed by atoms with van der Waals surface area (Å²) in [6, 6.07) is 11.5. The number of nitrogens with zero attached hydrogens (tertiary/aromatic N) is 3. The van der Waals surface area contributed by atoms with Crippen molar-refractivity contribution in [1.82, 2.24) is 14.9 Å². The number of thioether (sulfide) groups is 1. The summed E-state index contributed by atoms with van der Waals surface area (Å²) in [6.45, 7) is 1.66. The van der Waals surface area contributed by atoms with E-state index in [0.717, 1.165) is 20.8 Å². The lowest BCUT2D eigenvalue weighted by atomic mass is 10.1. The number of fused-ring (bicyclic) bond motifs is 1. The molecule has 0 radical (unpaired) electrons. The lowest BCUT2D eigenvalue weighted by Crippen LogP contribution is -2.33. The summed E-state index contributed by atoms with van der Waals surface area (Å²) in [4.78, 5) is 35.1. The molecular weight excluding hydrogens is 382 g/mol. The molecule has 0 saturated heterocycles. The van der Waals surface area contributed by atoms with Crippen molar-refractivity contribution in [3.8, 4) is 0 Å². The van der Waals surface area contributed by atoms with Crippen LogP contribution in [0.3, 0.4) is 0 Å². The number of thiophene rings is 1. The summed E-state index contributed by atoms with van der Waals surface area (Å²) in [7, 11) is 1.71. The highest BCUT2D eigenvalue weighted by atomic mass is 32.2. The fourth-order valence-electron chi connectivity index (χ4n) is 2.47. The van der Waals surface area contributed by atoms with Gasteiger partial charge in [0.2, 0.25) is 0 Å². The standard InChI is InChI=1S/C19H19N3O3S2/c1-13(14-6-4-3-5-7-14)22(2)16(23)10-25-17(24)11-27-19-15-8-9-26-18(15)20-12-21-19/h3-9,12-13H,10-11H2,1-2H3/t13-/m1/s1. The average molecular weight is 402 g/mol. The van der Waals surface area contributed by atoms with Crippen LogP contribution in [-0.4, -0.2) is 46.2 Å². The van der Waals surface area contributed by atoms with E-state index in [-0.39, 0.29) is 24.3 Å². The molecule has 0 aliphatic carbocycles. The molecule has 140 valence electrons. The third kappa shape index (κ3) is 4.84. The minimum absolute atomic E-state index is 0.0905. The Bertz CT molecular complexity index is 930. The molecule has 3 rings (SSSR count). The van der Waals surface area contributed by atoms with E-state index in [9.17, 15) is 9.59 Å². The van der Waals surface area contributed by atoms with Crippen molar-refractivity contribution in [2.45, 2.75) is 18.0 Å². The van der Waals surface area contributed by atoms with Crippen LogP contribution in [0, 0.1) is 0 Å². The van der Waals surface area contributed by atoms with Gasteiger partial charge >= 0.3 is 5.97 Å². The second kappa shape index (κ2) is 8.96. The molecule has 0 aliphatic heterocycles. The van der Waals surface area contributed by atoms with E-state index >= 15 is 0 Å². The first kappa shape index (κ1) is 19.3. The zero-order valence-corrected chi connectivity index (χ0v) is 16.6. The Morgan fingerprint density at radius 2 is 2.00 bits per heavy atom. The third-order valence-electron chi connectivity index (χ3n) is 4.16. The average Bonchev–Trinajstić information content (AvgIpc) is 3.19. The zero-order valence-electron chi connectivity index (χ0n) is 15.0. The van der Waals surface area contributed by atoms with Gasteiger partial charge in [-0.15, -0.1) is 11.3 Å². The Balaban J connectivity index is 1.48. The molecule has 0 saturated carbocycles. The predicted molar refractivity (Wildman–Crippen MR) is 107 cm³/mol. The van der Waals surface area contributed by atoms with Gasteiger partial charge in [-0.3, -0.25) is 9.59 Å². The van der Waals surface area contributed by atoms with Crippen LogP contribution in [0.2, 0.25) is 0 Å². The lowest BCUT2D eigenvalue weighted by molar-refractivity contribution is -0.150. The van der Waals surface area contributed by atoms with Gasteiger partial charge < -0.3 is 9.64 Å². The number of hydrogen-bond acceptors (Lipinski definition) is 7. The number of likely N-dealkylation sites (N-methyl/N-ethyl adjacent to an activating group) is 1. The Morgan fingerprint density at radius 1 is 1.22 bits per heavy atom. The van der Waals surface area contributed by atoms with E-state index in [2.05, 4.69) is 9.97 Å². The molecule has 1 amide bonds. The van der Waals surface area contributed by atoms with Crippen molar-refractivity contribution in [2.75, 3.05) is 19.4 Å². The van der Waals surface area contributed by atoms with Crippen molar-refractivity contribution in [3.05, 3.63) is 53.7 Å². The molecule has 1 aromatic carbocycles. The smallest absolute Gasteiger partial charge is 0.316 e. The van der Waals surface area contributed by atoms with Crippen molar-refractivity contribution in [2.24, 2.45) is 0 Å². The van der Waals surface area contributed by atoms with Gasteiger partial charge in [-0.1, -0.05) is 42.1 Å². The number of carbonyl (C=O) groups excluding carboxylic acids is 2. The molecule has 2 aromatic heterocycles. The van der Waals surface area contributed by atoms with E-state index in [1.807, 2.05) is 48.7 Å². The Morgan fingerprint density at radius 3 is 2.78 bits per heavy atom. The Hall–Kier alpha value is -2.45. The molecule has 0 unspecified atom stereocenters. The topological polar surface area (TPSA) is 72.4 Å². The van der Waals surface area contributed by atoms with Crippen molar-refractivity contribution in [1.29, 1.82) is 0 Å². The van der Waals surface area contributed by atoms with Crippen LogP contribution in [0.5, 0.6) is 0 Å². The number of carbonyl (C=O) groups is 2. The van der Waals surface area contributed by atoms with Gasteiger partial charge in [-0.05, 0) is 23.9 Å². The largest absolute Gasteiger partial charge is 0.455 e. The van der Waals surface area contributed by atoms with Crippen molar-refractivity contribution in [3.63, 3.8) is 0 Å². The van der Waals surface area contributed by atoms with Crippen LogP contribution in [0.1, 0.15) is 18.5 Å². The van der Waals surface area contributed by atoms with Gasteiger partial charge in [0.25, 0.3) is 5.91 Å². The molecule has 0 bridgehead atoms. The fraction of sp³-hybridized carbons (Fsp3) is 0.263. The van der Waals surface area contributed by atoms with E-state index in [0.29, 0.717) is 0 Å².